The van der Waals surface area contributed by atoms with Crippen molar-refractivity contribution in [3.05, 3.63) is 63.6 Å². The second kappa shape index (κ2) is 16.3. The third kappa shape index (κ3) is 9.83. The lowest BCUT2D eigenvalue weighted by Gasteiger charge is -2.33. The van der Waals surface area contributed by atoms with E-state index in [4.69, 9.17) is 23.2 Å². The number of hydrogen-bond acceptors (Lipinski definition) is 7. The van der Waals surface area contributed by atoms with Crippen molar-refractivity contribution in [2.75, 3.05) is 13.7 Å². The molecule has 2 amide bonds. The van der Waals surface area contributed by atoms with E-state index in [0.717, 1.165) is 0 Å². The van der Waals surface area contributed by atoms with Crippen LogP contribution in [0.25, 0.3) is 0 Å². The maximum absolute atomic E-state index is 13.4. The summed E-state index contributed by atoms with van der Waals surface area (Å²) in [5.74, 6) is -0.449. The summed E-state index contributed by atoms with van der Waals surface area (Å²) in [4.78, 5) is 25.1. The van der Waals surface area contributed by atoms with E-state index in [1.54, 1.807) is 51.1 Å². The van der Waals surface area contributed by atoms with E-state index in [-0.39, 0.29) is 35.6 Å². The van der Waals surface area contributed by atoms with Crippen molar-refractivity contribution in [3.8, 4) is 0 Å². The van der Waals surface area contributed by atoms with Crippen LogP contribution in [0.3, 0.4) is 0 Å². The number of halogens is 2. The number of nitrogens with one attached hydrogen (secondary N) is 2. The minimum absolute atomic E-state index is 0.0754. The summed E-state index contributed by atoms with van der Waals surface area (Å²) >= 11 is 12.4. The molecule has 0 radical (unpaired) electrons. The van der Waals surface area contributed by atoms with Crippen molar-refractivity contribution < 1.29 is 33.0 Å². The van der Waals surface area contributed by atoms with Crippen LogP contribution in [0.5, 0.6) is 0 Å². The van der Waals surface area contributed by atoms with Gasteiger partial charge < -0.3 is 25.6 Å². The number of hydrogen-bond donors (Lipinski definition) is 4. The summed E-state index contributed by atoms with van der Waals surface area (Å²) in [6, 6.07) is 8.60. The largest absolute Gasteiger partial charge is 0.453 e. The van der Waals surface area contributed by atoms with Gasteiger partial charge in [0.1, 0.15) is 6.04 Å². The Bertz CT molecular complexity index is 1260. The molecule has 41 heavy (non-hydrogen) atoms. The number of carbonyl (C=O) groups is 2. The van der Waals surface area contributed by atoms with E-state index in [1.807, 2.05) is 0 Å². The summed E-state index contributed by atoms with van der Waals surface area (Å²) in [5.41, 5.74) is 1.17. The van der Waals surface area contributed by atoms with Gasteiger partial charge in [0, 0.05) is 24.5 Å². The molecule has 0 bridgehead atoms. The first-order valence-electron chi connectivity index (χ1n) is 13.3. The fourth-order valence-corrected chi connectivity index (χ4v) is 6.74. The standard InChI is InChI=1S/C28H39Cl2N3O7S/c1-18(2)33(41(38,39)23-13-11-20(16-34)12-14-23)22(17-35)9-5-7-19(3)31-27(36)25(32-28(37)40-4)15-21-8-6-10-24(29)26(21)30/h6,8,10-14,18-19,22,25,34-35H,5,7,9,15-17H2,1-4H3,(H,31,36)(H,32,37)/t19-,22-,25-/m0/s1. The van der Waals surface area contributed by atoms with Crippen LogP contribution in [0.2, 0.25) is 10.0 Å². The lowest BCUT2D eigenvalue weighted by molar-refractivity contribution is -0.123. The second-order valence-corrected chi connectivity index (χ2v) is 12.6. The third-order valence-electron chi connectivity index (χ3n) is 6.57. The fourth-order valence-electron chi connectivity index (χ4n) is 4.49. The molecular formula is C28H39Cl2N3O7S. The normalized spacial score (nSPS) is 14.0. The van der Waals surface area contributed by atoms with Gasteiger partial charge in [-0.1, -0.05) is 47.5 Å². The summed E-state index contributed by atoms with van der Waals surface area (Å²) < 4.78 is 32.8. The Morgan fingerprint density at radius 1 is 1.00 bits per heavy atom. The van der Waals surface area contributed by atoms with E-state index in [0.29, 0.717) is 35.4 Å². The summed E-state index contributed by atoms with van der Waals surface area (Å²) in [7, 11) is -2.72. The van der Waals surface area contributed by atoms with Gasteiger partial charge in [-0.05, 0) is 69.4 Å². The third-order valence-corrected chi connectivity index (χ3v) is 9.57. The summed E-state index contributed by atoms with van der Waals surface area (Å²) in [6.45, 7) is 4.71. The molecule has 10 nitrogen and oxygen atoms in total. The zero-order chi connectivity index (χ0) is 30.7. The lowest BCUT2D eigenvalue weighted by Crippen LogP contribution is -2.50. The lowest BCUT2D eigenvalue weighted by atomic mass is 10.0. The molecule has 0 aliphatic heterocycles. The number of carbonyl (C=O) groups excluding carboxylic acids is 2. The Morgan fingerprint density at radius 3 is 2.22 bits per heavy atom. The average Bonchev–Trinajstić information content (AvgIpc) is 2.93. The topological polar surface area (TPSA) is 145 Å². The van der Waals surface area contributed by atoms with Gasteiger partial charge in [0.05, 0.1) is 35.3 Å². The van der Waals surface area contributed by atoms with Crippen molar-refractivity contribution in [2.45, 2.75) is 82.1 Å². The molecule has 2 aromatic rings. The van der Waals surface area contributed by atoms with Crippen LogP contribution < -0.4 is 10.6 Å². The molecule has 0 aliphatic carbocycles. The molecule has 0 saturated carbocycles. The molecule has 228 valence electrons. The number of methoxy groups -OCH3 is 1. The number of aliphatic hydroxyl groups excluding tert-OH is 2. The van der Waals surface area contributed by atoms with E-state index < -0.39 is 40.1 Å². The SMILES string of the molecule is COC(=O)N[C@@H](Cc1cccc(Cl)c1Cl)C(=O)N[C@@H](C)CCC[C@@H](CO)N(C(C)C)S(=O)(=O)c1ccc(CO)cc1. The van der Waals surface area contributed by atoms with Crippen molar-refractivity contribution in [1.29, 1.82) is 0 Å². The molecule has 2 aromatic carbocycles. The Labute approximate surface area is 252 Å². The monoisotopic (exact) mass is 631 g/mol. The molecule has 0 spiro atoms. The highest BCUT2D eigenvalue weighted by Gasteiger charge is 2.33. The maximum Gasteiger partial charge on any atom is 0.407 e. The first-order valence-corrected chi connectivity index (χ1v) is 15.5. The van der Waals surface area contributed by atoms with E-state index >= 15 is 0 Å². The first-order chi connectivity index (χ1) is 19.3. The fraction of sp³-hybridized carbons (Fsp3) is 0.500. The Kier molecular flexibility index (Phi) is 13.8. The van der Waals surface area contributed by atoms with Gasteiger partial charge in [-0.15, -0.1) is 0 Å². The molecule has 0 aliphatic rings. The summed E-state index contributed by atoms with van der Waals surface area (Å²) in [6.07, 6.45) is 0.653. The highest BCUT2D eigenvalue weighted by atomic mass is 35.5. The Balaban J connectivity index is 2.06. The van der Waals surface area contributed by atoms with Crippen LogP contribution in [0.4, 0.5) is 4.79 Å². The van der Waals surface area contributed by atoms with E-state index in [2.05, 4.69) is 15.4 Å². The highest BCUT2D eigenvalue weighted by molar-refractivity contribution is 7.89. The molecule has 13 heteroatoms. The molecule has 0 heterocycles. The predicted molar refractivity (Wildman–Crippen MR) is 158 cm³/mol. The number of benzene rings is 2. The molecular weight excluding hydrogens is 593 g/mol. The molecule has 0 unspecified atom stereocenters. The van der Waals surface area contributed by atoms with E-state index in [9.17, 15) is 28.2 Å². The van der Waals surface area contributed by atoms with Gasteiger partial charge in [0.25, 0.3) is 0 Å². The molecule has 0 saturated heterocycles. The zero-order valence-electron chi connectivity index (χ0n) is 23.6. The van der Waals surface area contributed by atoms with Crippen molar-refractivity contribution in [2.24, 2.45) is 0 Å². The quantitative estimate of drug-likeness (QED) is 0.233. The maximum atomic E-state index is 13.4. The van der Waals surface area contributed by atoms with Crippen molar-refractivity contribution in [3.63, 3.8) is 0 Å². The van der Waals surface area contributed by atoms with Gasteiger partial charge >= 0.3 is 6.09 Å². The number of amides is 2. The number of sulfonamides is 1. The van der Waals surface area contributed by atoms with Crippen LogP contribution in [0.1, 0.15) is 51.2 Å². The molecule has 3 atom stereocenters. The number of alkyl carbamates (subject to hydrolysis) is 1. The van der Waals surface area contributed by atoms with E-state index in [1.165, 1.54) is 23.5 Å². The molecule has 0 fully saturated rings. The average molecular weight is 633 g/mol. The Morgan fingerprint density at radius 2 is 1.66 bits per heavy atom. The van der Waals surface area contributed by atoms with Crippen LogP contribution in [0, 0.1) is 0 Å². The van der Waals surface area contributed by atoms with Gasteiger partial charge in [-0.3, -0.25) is 4.79 Å². The smallest absolute Gasteiger partial charge is 0.407 e. The number of ether oxygens (including phenoxy) is 1. The molecule has 2 rings (SSSR count). The first kappa shape index (κ1) is 34.8. The van der Waals surface area contributed by atoms with Crippen LogP contribution in [0.15, 0.2) is 47.4 Å². The van der Waals surface area contributed by atoms with Gasteiger partial charge in [-0.2, -0.15) is 4.31 Å². The molecule has 4 N–H and O–H groups in total. The van der Waals surface area contributed by atoms with Crippen molar-refractivity contribution in [1.82, 2.24) is 14.9 Å². The van der Waals surface area contributed by atoms with Crippen LogP contribution >= 0.6 is 23.2 Å². The van der Waals surface area contributed by atoms with Gasteiger partial charge in [0.15, 0.2) is 0 Å². The predicted octanol–water partition coefficient (Wildman–Crippen LogP) is 3.89. The number of rotatable bonds is 15. The number of aliphatic hydroxyl groups is 2. The highest BCUT2D eigenvalue weighted by Crippen LogP contribution is 2.27. The van der Waals surface area contributed by atoms with Gasteiger partial charge in [-0.25, -0.2) is 13.2 Å². The Hall–Kier alpha value is -2.41. The van der Waals surface area contributed by atoms with Crippen LogP contribution in [-0.4, -0.2) is 72.8 Å². The molecule has 0 aromatic heterocycles. The van der Waals surface area contributed by atoms with Gasteiger partial charge in [0.2, 0.25) is 15.9 Å². The minimum atomic E-state index is -3.92. The minimum Gasteiger partial charge on any atom is -0.453 e. The van der Waals surface area contributed by atoms with Crippen LogP contribution in [-0.2, 0) is 32.6 Å². The second-order valence-electron chi connectivity index (χ2n) is 10.0. The summed E-state index contributed by atoms with van der Waals surface area (Å²) in [5, 5.41) is 25.4. The number of nitrogens with zero attached hydrogens (tertiary/aromatic N) is 1. The zero-order valence-corrected chi connectivity index (χ0v) is 26.0. The van der Waals surface area contributed by atoms with Crippen molar-refractivity contribution >= 4 is 45.2 Å².